The third-order valence-corrected chi connectivity index (χ3v) is 4.37. The highest BCUT2D eigenvalue weighted by Crippen LogP contribution is 2.36. The summed E-state index contributed by atoms with van der Waals surface area (Å²) in [4.78, 5) is 2.69. The summed E-state index contributed by atoms with van der Waals surface area (Å²) in [5.74, 6) is 0.933. The minimum Gasteiger partial charge on any atom is -0.329 e. The third kappa shape index (κ3) is 1.82. The van der Waals surface area contributed by atoms with E-state index >= 15 is 0 Å². The standard InChI is InChI=1S/C12H24N2/c1-11-4-8-14(9-5-11)12(10-13)6-2-3-7-12/h11H,2-10,13H2,1H3. The predicted molar refractivity (Wildman–Crippen MR) is 60.2 cm³/mol. The molecule has 14 heavy (non-hydrogen) atoms. The van der Waals surface area contributed by atoms with Gasteiger partial charge in [-0.1, -0.05) is 19.8 Å². The Labute approximate surface area is 87.8 Å². The van der Waals surface area contributed by atoms with Crippen molar-refractivity contribution in [1.82, 2.24) is 4.90 Å². The average molecular weight is 196 g/mol. The van der Waals surface area contributed by atoms with Crippen LogP contribution in [-0.2, 0) is 0 Å². The van der Waals surface area contributed by atoms with Crippen molar-refractivity contribution in [2.24, 2.45) is 11.7 Å². The average Bonchev–Trinajstić information content (AvgIpc) is 2.68. The van der Waals surface area contributed by atoms with Gasteiger partial charge in [0.2, 0.25) is 0 Å². The van der Waals surface area contributed by atoms with Gasteiger partial charge in [0.1, 0.15) is 0 Å². The highest BCUT2D eigenvalue weighted by molar-refractivity contribution is 4.96. The van der Waals surface area contributed by atoms with E-state index in [0.29, 0.717) is 5.54 Å². The van der Waals surface area contributed by atoms with E-state index in [0.717, 1.165) is 12.5 Å². The smallest absolute Gasteiger partial charge is 0.0331 e. The number of nitrogens with zero attached hydrogens (tertiary/aromatic N) is 1. The van der Waals surface area contributed by atoms with Crippen molar-refractivity contribution >= 4 is 0 Å². The van der Waals surface area contributed by atoms with Gasteiger partial charge in [0.05, 0.1) is 0 Å². The summed E-state index contributed by atoms with van der Waals surface area (Å²) < 4.78 is 0. The van der Waals surface area contributed by atoms with Gasteiger partial charge in [-0.3, -0.25) is 4.90 Å². The third-order valence-electron chi connectivity index (χ3n) is 4.37. The zero-order valence-corrected chi connectivity index (χ0v) is 9.47. The van der Waals surface area contributed by atoms with Gasteiger partial charge in [-0.2, -0.15) is 0 Å². The Balaban J connectivity index is 1.98. The fourth-order valence-corrected chi connectivity index (χ4v) is 3.17. The van der Waals surface area contributed by atoms with E-state index in [1.54, 1.807) is 0 Å². The summed E-state index contributed by atoms with van der Waals surface area (Å²) in [7, 11) is 0. The lowest BCUT2D eigenvalue weighted by Crippen LogP contribution is -2.54. The Kier molecular flexibility index (Phi) is 3.13. The second-order valence-electron chi connectivity index (χ2n) is 5.31. The van der Waals surface area contributed by atoms with Gasteiger partial charge in [0, 0.05) is 12.1 Å². The zero-order chi connectivity index (χ0) is 10.0. The van der Waals surface area contributed by atoms with Crippen LogP contribution in [0.3, 0.4) is 0 Å². The molecule has 2 heteroatoms. The molecule has 2 aliphatic rings. The molecule has 2 rings (SSSR count). The van der Waals surface area contributed by atoms with Crippen LogP contribution in [0.15, 0.2) is 0 Å². The van der Waals surface area contributed by atoms with Crippen LogP contribution in [0.5, 0.6) is 0 Å². The maximum absolute atomic E-state index is 5.99. The summed E-state index contributed by atoms with van der Waals surface area (Å²) in [6.45, 7) is 5.83. The topological polar surface area (TPSA) is 29.3 Å². The number of piperidine rings is 1. The first kappa shape index (κ1) is 10.4. The van der Waals surface area contributed by atoms with Crippen molar-refractivity contribution in [3.05, 3.63) is 0 Å². The van der Waals surface area contributed by atoms with Crippen molar-refractivity contribution in [1.29, 1.82) is 0 Å². The van der Waals surface area contributed by atoms with Crippen LogP contribution in [0.25, 0.3) is 0 Å². The molecule has 1 saturated carbocycles. The molecule has 0 aromatic heterocycles. The molecule has 1 aliphatic carbocycles. The summed E-state index contributed by atoms with van der Waals surface area (Å²) in [6.07, 6.45) is 8.23. The first-order valence-electron chi connectivity index (χ1n) is 6.22. The first-order chi connectivity index (χ1) is 6.77. The van der Waals surface area contributed by atoms with Crippen molar-refractivity contribution in [2.45, 2.75) is 51.0 Å². The van der Waals surface area contributed by atoms with Crippen LogP contribution in [0, 0.1) is 5.92 Å². The Morgan fingerprint density at radius 3 is 2.29 bits per heavy atom. The molecule has 82 valence electrons. The molecule has 2 fully saturated rings. The van der Waals surface area contributed by atoms with Gasteiger partial charge in [0.15, 0.2) is 0 Å². The van der Waals surface area contributed by atoms with E-state index in [9.17, 15) is 0 Å². The summed E-state index contributed by atoms with van der Waals surface area (Å²) >= 11 is 0. The van der Waals surface area contributed by atoms with Gasteiger partial charge >= 0.3 is 0 Å². The number of nitrogens with two attached hydrogens (primary N) is 1. The summed E-state index contributed by atoms with van der Waals surface area (Å²) in [5.41, 5.74) is 6.40. The Hall–Kier alpha value is -0.0800. The van der Waals surface area contributed by atoms with Gasteiger partial charge in [-0.25, -0.2) is 0 Å². The van der Waals surface area contributed by atoms with Crippen molar-refractivity contribution in [2.75, 3.05) is 19.6 Å². The lowest BCUT2D eigenvalue weighted by Gasteiger charge is -2.44. The molecule has 2 nitrogen and oxygen atoms in total. The minimum atomic E-state index is 0.403. The normalized spacial score (nSPS) is 29.6. The molecule has 1 saturated heterocycles. The van der Waals surface area contributed by atoms with Crippen molar-refractivity contribution < 1.29 is 0 Å². The minimum absolute atomic E-state index is 0.403. The molecular formula is C12H24N2. The second-order valence-corrected chi connectivity index (χ2v) is 5.31. The molecule has 0 bridgehead atoms. The van der Waals surface area contributed by atoms with E-state index in [1.165, 1.54) is 51.6 Å². The SMILES string of the molecule is CC1CCN(C2(CN)CCCC2)CC1. The Morgan fingerprint density at radius 1 is 1.21 bits per heavy atom. The first-order valence-corrected chi connectivity index (χ1v) is 6.22. The lowest BCUT2D eigenvalue weighted by molar-refractivity contribution is 0.0622. The van der Waals surface area contributed by atoms with Crippen molar-refractivity contribution in [3.63, 3.8) is 0 Å². The fourth-order valence-electron chi connectivity index (χ4n) is 3.17. The molecule has 2 N–H and O–H groups in total. The lowest BCUT2D eigenvalue weighted by atomic mass is 9.90. The van der Waals surface area contributed by atoms with Crippen LogP contribution in [-0.4, -0.2) is 30.1 Å². The summed E-state index contributed by atoms with van der Waals surface area (Å²) in [5, 5.41) is 0. The van der Waals surface area contributed by atoms with Crippen molar-refractivity contribution in [3.8, 4) is 0 Å². The van der Waals surface area contributed by atoms with Crippen LogP contribution in [0.2, 0.25) is 0 Å². The molecule has 0 radical (unpaired) electrons. The number of hydrogen-bond donors (Lipinski definition) is 1. The highest BCUT2D eigenvalue weighted by Gasteiger charge is 2.39. The molecule has 1 heterocycles. The number of likely N-dealkylation sites (tertiary alicyclic amines) is 1. The molecule has 0 aromatic rings. The fraction of sp³-hybridized carbons (Fsp3) is 1.00. The monoisotopic (exact) mass is 196 g/mol. The van der Waals surface area contributed by atoms with Crippen LogP contribution in [0.1, 0.15) is 45.4 Å². The number of hydrogen-bond acceptors (Lipinski definition) is 2. The highest BCUT2D eigenvalue weighted by atomic mass is 15.2. The second kappa shape index (κ2) is 4.19. The predicted octanol–water partition coefficient (Wildman–Crippen LogP) is 1.99. The van der Waals surface area contributed by atoms with Crippen LogP contribution < -0.4 is 5.73 Å². The molecule has 1 aliphatic heterocycles. The van der Waals surface area contributed by atoms with Crippen LogP contribution >= 0.6 is 0 Å². The van der Waals surface area contributed by atoms with Gasteiger partial charge < -0.3 is 5.73 Å². The van der Waals surface area contributed by atoms with E-state index in [1.807, 2.05) is 0 Å². The molecular weight excluding hydrogens is 172 g/mol. The molecule has 0 amide bonds. The number of rotatable bonds is 2. The maximum atomic E-state index is 5.99. The Morgan fingerprint density at radius 2 is 1.79 bits per heavy atom. The van der Waals surface area contributed by atoms with E-state index < -0.39 is 0 Å². The van der Waals surface area contributed by atoms with Gasteiger partial charge in [-0.05, 0) is 44.7 Å². The maximum Gasteiger partial charge on any atom is 0.0331 e. The van der Waals surface area contributed by atoms with Crippen LogP contribution in [0.4, 0.5) is 0 Å². The van der Waals surface area contributed by atoms with Gasteiger partial charge in [-0.15, -0.1) is 0 Å². The molecule has 0 unspecified atom stereocenters. The molecule has 0 aromatic carbocycles. The molecule has 0 spiro atoms. The van der Waals surface area contributed by atoms with E-state index in [4.69, 9.17) is 5.73 Å². The Bertz CT molecular complexity index is 177. The van der Waals surface area contributed by atoms with Gasteiger partial charge in [0.25, 0.3) is 0 Å². The zero-order valence-electron chi connectivity index (χ0n) is 9.47. The molecule has 0 atom stereocenters. The van der Waals surface area contributed by atoms with E-state index in [-0.39, 0.29) is 0 Å². The van der Waals surface area contributed by atoms with E-state index in [2.05, 4.69) is 11.8 Å². The quantitative estimate of drug-likeness (QED) is 0.732. The summed E-state index contributed by atoms with van der Waals surface area (Å²) in [6, 6.07) is 0. The largest absolute Gasteiger partial charge is 0.329 e.